The Balaban J connectivity index is 1.86. The van der Waals surface area contributed by atoms with Gasteiger partial charge in [-0.25, -0.2) is 0 Å². The Hall–Kier alpha value is -0.840. The molecule has 0 saturated heterocycles. The molecule has 0 bridgehead atoms. The molecule has 4 nitrogen and oxygen atoms in total. The van der Waals surface area contributed by atoms with Gasteiger partial charge in [0.1, 0.15) is 4.60 Å². The van der Waals surface area contributed by atoms with Crippen molar-refractivity contribution in [1.29, 1.82) is 0 Å². The quantitative estimate of drug-likeness (QED) is 0.837. The number of carbonyl (C=O) groups excluding carboxylic acids is 1. The molecule has 0 unspecified atom stereocenters. The third-order valence-corrected chi connectivity index (χ3v) is 4.30. The number of nitrogens with zero attached hydrogens (tertiary/aromatic N) is 3. The average molecular weight is 298 g/mol. The van der Waals surface area contributed by atoms with Crippen LogP contribution in [-0.2, 0) is 24.3 Å². The Morgan fingerprint density at radius 3 is 2.94 bits per heavy atom. The molecule has 2 aliphatic rings. The third-order valence-electron chi connectivity index (χ3n) is 3.66. The highest BCUT2D eigenvalue weighted by molar-refractivity contribution is 9.10. The number of halogens is 1. The van der Waals surface area contributed by atoms with Crippen molar-refractivity contribution in [3.63, 3.8) is 0 Å². The van der Waals surface area contributed by atoms with Crippen LogP contribution in [0, 0.1) is 5.92 Å². The summed E-state index contributed by atoms with van der Waals surface area (Å²) in [6, 6.07) is 0. The first-order valence-corrected chi connectivity index (χ1v) is 6.94. The summed E-state index contributed by atoms with van der Waals surface area (Å²) in [5.74, 6) is 0.981. The molecular weight excluding hydrogens is 282 g/mol. The second-order valence-corrected chi connectivity index (χ2v) is 5.78. The molecule has 0 radical (unpaired) electrons. The molecule has 5 heteroatoms. The number of aromatic nitrogens is 2. The highest BCUT2D eigenvalue weighted by Gasteiger charge is 2.28. The van der Waals surface area contributed by atoms with E-state index in [1.807, 2.05) is 4.90 Å². The summed E-state index contributed by atoms with van der Waals surface area (Å²) in [4.78, 5) is 13.3. The average Bonchev–Trinajstić information content (AvgIpc) is 3.05. The zero-order valence-corrected chi connectivity index (χ0v) is 11.5. The lowest BCUT2D eigenvalue weighted by molar-refractivity contribution is -0.129. The molecule has 1 aromatic heterocycles. The minimum atomic E-state index is 0.150. The summed E-state index contributed by atoms with van der Waals surface area (Å²) < 4.78 is 3.06. The number of rotatable bonds is 2. The Bertz CT molecular complexity index is 465. The van der Waals surface area contributed by atoms with Crippen molar-refractivity contribution in [1.82, 2.24) is 14.7 Å². The molecule has 1 aliphatic heterocycles. The molecule has 0 spiro atoms. The number of amides is 1. The van der Waals surface area contributed by atoms with Crippen molar-refractivity contribution in [2.75, 3.05) is 6.54 Å². The van der Waals surface area contributed by atoms with Gasteiger partial charge in [0.15, 0.2) is 0 Å². The van der Waals surface area contributed by atoms with Gasteiger partial charge in [-0.3, -0.25) is 9.48 Å². The van der Waals surface area contributed by atoms with Gasteiger partial charge in [0.25, 0.3) is 0 Å². The van der Waals surface area contributed by atoms with Crippen LogP contribution >= 0.6 is 15.9 Å². The van der Waals surface area contributed by atoms with Crippen molar-refractivity contribution in [2.45, 2.75) is 39.3 Å². The predicted molar refractivity (Wildman–Crippen MR) is 67.4 cm³/mol. The Labute approximate surface area is 109 Å². The molecule has 92 valence electrons. The number of fused-ring (bicyclic) bond motifs is 1. The first kappa shape index (κ1) is 11.3. The highest BCUT2D eigenvalue weighted by atomic mass is 79.9. The van der Waals surface area contributed by atoms with Gasteiger partial charge in [0.2, 0.25) is 5.91 Å². The van der Waals surface area contributed by atoms with Gasteiger partial charge in [-0.05, 0) is 34.7 Å². The van der Waals surface area contributed by atoms with Crippen molar-refractivity contribution in [3.8, 4) is 0 Å². The fraction of sp³-hybridized carbons (Fsp3) is 0.667. The molecule has 2 heterocycles. The maximum absolute atomic E-state index is 11.4. The van der Waals surface area contributed by atoms with Crippen LogP contribution in [0.4, 0.5) is 0 Å². The lowest BCUT2D eigenvalue weighted by atomic mass is 10.1. The molecule has 0 atom stereocenters. The topological polar surface area (TPSA) is 38.1 Å². The summed E-state index contributed by atoms with van der Waals surface area (Å²) in [6.07, 6.45) is 3.61. The van der Waals surface area contributed by atoms with E-state index in [4.69, 9.17) is 0 Å². The second-order valence-electron chi connectivity index (χ2n) is 5.03. The molecular formula is C12H16BrN3O. The normalized spacial score (nSPS) is 19.3. The van der Waals surface area contributed by atoms with E-state index in [0.29, 0.717) is 6.54 Å². The van der Waals surface area contributed by atoms with Crippen LogP contribution in [-0.4, -0.2) is 27.1 Å². The van der Waals surface area contributed by atoms with Crippen molar-refractivity contribution >= 4 is 21.8 Å². The minimum Gasteiger partial charge on any atom is -0.338 e. The molecule has 1 aromatic rings. The zero-order chi connectivity index (χ0) is 12.0. The summed E-state index contributed by atoms with van der Waals surface area (Å²) in [7, 11) is 0. The van der Waals surface area contributed by atoms with Crippen LogP contribution in [0.3, 0.4) is 0 Å². The molecule has 1 saturated carbocycles. The molecule has 3 rings (SSSR count). The summed E-state index contributed by atoms with van der Waals surface area (Å²) >= 11 is 3.52. The largest absolute Gasteiger partial charge is 0.338 e. The van der Waals surface area contributed by atoms with Crippen LogP contribution in [0.25, 0.3) is 0 Å². The number of hydrogen-bond donors (Lipinski definition) is 0. The molecule has 1 fully saturated rings. The Morgan fingerprint density at radius 2 is 2.29 bits per heavy atom. The zero-order valence-electron chi connectivity index (χ0n) is 9.95. The number of hydrogen-bond acceptors (Lipinski definition) is 2. The second kappa shape index (κ2) is 4.12. The number of carbonyl (C=O) groups is 1. The predicted octanol–water partition coefficient (Wildman–Crippen LogP) is 1.96. The van der Waals surface area contributed by atoms with Crippen molar-refractivity contribution in [3.05, 3.63) is 15.9 Å². The van der Waals surface area contributed by atoms with Crippen LogP contribution in [0.1, 0.15) is 31.0 Å². The van der Waals surface area contributed by atoms with Crippen molar-refractivity contribution < 1.29 is 4.79 Å². The molecule has 1 aliphatic carbocycles. The van der Waals surface area contributed by atoms with Gasteiger partial charge in [0, 0.05) is 37.7 Å². The maximum atomic E-state index is 11.4. The monoisotopic (exact) mass is 297 g/mol. The Morgan fingerprint density at radius 1 is 1.53 bits per heavy atom. The first-order valence-electron chi connectivity index (χ1n) is 6.14. The standard InChI is InChI=1S/C12H16BrN3O/c1-8(17)15-5-4-11-10(7-15)12(13)14-16(11)6-9-2-3-9/h9H,2-7H2,1H3. The highest BCUT2D eigenvalue weighted by Crippen LogP contribution is 2.33. The van der Waals surface area contributed by atoms with Crippen LogP contribution in [0.2, 0.25) is 0 Å². The van der Waals surface area contributed by atoms with E-state index >= 15 is 0 Å². The molecule has 17 heavy (non-hydrogen) atoms. The van der Waals surface area contributed by atoms with Gasteiger partial charge >= 0.3 is 0 Å². The smallest absolute Gasteiger partial charge is 0.219 e. The summed E-state index contributed by atoms with van der Waals surface area (Å²) in [6.45, 7) is 4.21. The molecule has 0 N–H and O–H groups in total. The third kappa shape index (κ3) is 2.12. The van der Waals surface area contributed by atoms with Gasteiger partial charge in [0.05, 0.1) is 6.54 Å². The lowest BCUT2D eigenvalue weighted by Gasteiger charge is -2.26. The lowest BCUT2D eigenvalue weighted by Crippen LogP contribution is -2.34. The summed E-state index contributed by atoms with van der Waals surface area (Å²) in [5.41, 5.74) is 2.52. The van der Waals surface area contributed by atoms with E-state index < -0.39 is 0 Å². The van der Waals surface area contributed by atoms with Crippen LogP contribution in [0.5, 0.6) is 0 Å². The van der Waals surface area contributed by atoms with Crippen LogP contribution < -0.4 is 0 Å². The van der Waals surface area contributed by atoms with Crippen LogP contribution in [0.15, 0.2) is 4.60 Å². The van der Waals surface area contributed by atoms with Crippen molar-refractivity contribution in [2.24, 2.45) is 5.92 Å². The van der Waals surface area contributed by atoms with E-state index in [1.165, 1.54) is 24.1 Å². The molecule has 1 amide bonds. The van der Waals surface area contributed by atoms with E-state index in [-0.39, 0.29) is 5.91 Å². The SMILES string of the molecule is CC(=O)N1CCc2c(c(Br)nn2CC2CC2)C1. The van der Waals surface area contributed by atoms with E-state index in [0.717, 1.165) is 30.0 Å². The van der Waals surface area contributed by atoms with Gasteiger partial charge in [-0.1, -0.05) is 0 Å². The summed E-state index contributed by atoms with van der Waals surface area (Å²) in [5, 5.41) is 4.56. The fourth-order valence-corrected chi connectivity index (χ4v) is 2.96. The Kier molecular flexibility index (Phi) is 2.73. The van der Waals surface area contributed by atoms with Gasteiger partial charge in [-0.15, -0.1) is 0 Å². The van der Waals surface area contributed by atoms with E-state index in [9.17, 15) is 4.79 Å². The van der Waals surface area contributed by atoms with E-state index in [2.05, 4.69) is 25.7 Å². The molecule has 0 aromatic carbocycles. The first-order chi connectivity index (χ1) is 8.15. The van der Waals surface area contributed by atoms with E-state index in [1.54, 1.807) is 6.92 Å². The minimum absolute atomic E-state index is 0.150. The maximum Gasteiger partial charge on any atom is 0.219 e. The van der Waals surface area contributed by atoms with Gasteiger partial charge < -0.3 is 4.90 Å². The fourth-order valence-electron chi connectivity index (χ4n) is 2.41. The van der Waals surface area contributed by atoms with Gasteiger partial charge in [-0.2, -0.15) is 5.10 Å².